The van der Waals surface area contributed by atoms with Crippen molar-refractivity contribution in [1.29, 1.82) is 0 Å². The summed E-state index contributed by atoms with van der Waals surface area (Å²) < 4.78 is 12.3. The third-order valence-corrected chi connectivity index (χ3v) is 10.4. The summed E-state index contributed by atoms with van der Waals surface area (Å²) in [6.45, 7) is -0.278. The zero-order chi connectivity index (χ0) is 30.4. The van der Waals surface area contributed by atoms with Crippen LogP contribution < -0.4 is 24.6 Å². The molecule has 1 N–H and O–H groups in total. The molecule has 1 fully saturated rings. The molecule has 1 aromatic heterocycles. The number of carbonyl (C=O) groups is 3. The normalized spacial score (nSPS) is 19.2. The Morgan fingerprint density at radius 2 is 1.53 bits per heavy atom. The summed E-state index contributed by atoms with van der Waals surface area (Å²) in [4.78, 5) is 55.8. The molecule has 3 atom stereocenters. The topological polar surface area (TPSA) is 107 Å². The van der Waals surface area contributed by atoms with Gasteiger partial charge in [0.1, 0.15) is 11.8 Å². The Balaban J connectivity index is 1.43. The van der Waals surface area contributed by atoms with Crippen LogP contribution in [0.15, 0.2) is 76.6 Å². The summed E-state index contributed by atoms with van der Waals surface area (Å²) in [5.74, 6) is -1.75. The quantitative estimate of drug-likeness (QED) is 0.256. The number of hydrogen-bond donors (Lipinski definition) is 1. The van der Waals surface area contributed by atoms with E-state index < -0.39 is 28.9 Å². The summed E-state index contributed by atoms with van der Waals surface area (Å²) in [5, 5.41) is 3.41. The van der Waals surface area contributed by atoms with Gasteiger partial charge in [-0.3, -0.25) is 23.7 Å². The maximum atomic E-state index is 14.1. The fourth-order valence-corrected chi connectivity index (χ4v) is 8.41. The van der Waals surface area contributed by atoms with E-state index in [9.17, 15) is 19.2 Å². The lowest BCUT2D eigenvalue weighted by Gasteiger charge is -2.31. The van der Waals surface area contributed by atoms with E-state index in [-0.39, 0.29) is 17.3 Å². The van der Waals surface area contributed by atoms with Crippen LogP contribution in [0, 0.1) is 5.92 Å². The number of rotatable bonds is 7. The maximum absolute atomic E-state index is 14.1. The Morgan fingerprint density at radius 3 is 2.19 bits per heavy atom. The fourth-order valence-electron chi connectivity index (χ4n) is 5.38. The number of benzene rings is 3. The average Bonchev–Trinajstić information content (AvgIpc) is 3.44. The number of carbonyl (C=O) groups excluding carboxylic acids is 3. The number of methoxy groups -OCH3 is 2. The molecular weight excluding hydrogens is 633 g/mol. The van der Waals surface area contributed by atoms with Crippen LogP contribution in [-0.4, -0.2) is 41.8 Å². The van der Waals surface area contributed by atoms with Crippen molar-refractivity contribution in [2.75, 3.05) is 24.4 Å². The van der Waals surface area contributed by atoms with Gasteiger partial charge in [-0.15, -0.1) is 0 Å². The summed E-state index contributed by atoms with van der Waals surface area (Å²) in [6, 6.07) is 18.4. The molecule has 2 aliphatic heterocycles. The number of amides is 3. The predicted molar refractivity (Wildman–Crippen MR) is 167 cm³/mol. The summed E-state index contributed by atoms with van der Waals surface area (Å²) in [6.07, 6.45) is 0. The summed E-state index contributed by atoms with van der Waals surface area (Å²) in [7, 11) is 3.03. The number of imide groups is 1. The van der Waals surface area contributed by atoms with Gasteiger partial charge in [-0.2, -0.15) is 0 Å². The first-order valence-electron chi connectivity index (χ1n) is 13.0. The number of fused-ring (bicyclic) bond motifs is 2. The van der Waals surface area contributed by atoms with Crippen LogP contribution in [0.2, 0.25) is 10.0 Å². The number of anilines is 2. The van der Waals surface area contributed by atoms with E-state index >= 15 is 0 Å². The number of nitrogens with zero attached hydrogens (tertiary/aromatic N) is 2. The van der Waals surface area contributed by atoms with Gasteiger partial charge < -0.3 is 14.8 Å². The molecule has 1 saturated heterocycles. The Bertz CT molecular complexity index is 1810. The van der Waals surface area contributed by atoms with E-state index in [1.165, 1.54) is 23.7 Å². The minimum Gasteiger partial charge on any atom is -0.493 e. The third kappa shape index (κ3) is 5.31. The Morgan fingerprint density at radius 1 is 0.884 bits per heavy atom. The lowest BCUT2D eigenvalue weighted by molar-refractivity contribution is -0.122. The van der Waals surface area contributed by atoms with E-state index in [2.05, 4.69) is 5.32 Å². The minimum atomic E-state index is -0.839. The maximum Gasteiger partial charge on any atom is 0.308 e. The molecule has 0 aliphatic carbocycles. The molecule has 3 heterocycles. The van der Waals surface area contributed by atoms with Crippen molar-refractivity contribution in [1.82, 2.24) is 4.57 Å². The number of ether oxygens (including phenoxy) is 2. The lowest BCUT2D eigenvalue weighted by Crippen LogP contribution is -2.33. The molecule has 3 amide bonds. The zero-order valence-electron chi connectivity index (χ0n) is 22.7. The van der Waals surface area contributed by atoms with Crippen molar-refractivity contribution < 1.29 is 23.9 Å². The van der Waals surface area contributed by atoms with Gasteiger partial charge in [0.2, 0.25) is 17.7 Å². The van der Waals surface area contributed by atoms with E-state index in [0.717, 1.165) is 23.1 Å². The second-order valence-electron chi connectivity index (χ2n) is 9.82. The van der Waals surface area contributed by atoms with Crippen LogP contribution in [0.1, 0.15) is 16.4 Å². The molecule has 4 aromatic rings. The number of halogens is 2. The molecule has 9 nitrogen and oxygen atoms in total. The minimum absolute atomic E-state index is 0.278. The second kappa shape index (κ2) is 11.7. The molecule has 220 valence electrons. The number of aromatic nitrogens is 1. The van der Waals surface area contributed by atoms with E-state index in [1.807, 2.05) is 0 Å². The van der Waals surface area contributed by atoms with Crippen LogP contribution in [-0.2, 0) is 20.9 Å². The molecule has 2 aliphatic rings. The van der Waals surface area contributed by atoms with Crippen LogP contribution in [0.25, 0.3) is 0 Å². The van der Waals surface area contributed by atoms with Crippen molar-refractivity contribution in [3.63, 3.8) is 0 Å². The van der Waals surface area contributed by atoms with Crippen LogP contribution in [0.3, 0.4) is 0 Å². The largest absolute Gasteiger partial charge is 0.493 e. The monoisotopic (exact) mass is 655 g/mol. The predicted octanol–water partition coefficient (Wildman–Crippen LogP) is 5.67. The standard InChI is InChI=1S/C30H23Cl2N3O6S2/c1-40-20-12-3-15(13-21(20)41-2)23-24-25(28(38)35(27(24)37)19-10-6-17(32)7-11-19)42-29-26(23)43-30(39)34(29)14-22(36)33-18-8-4-16(31)5-9-18/h3-13,23-25H,14H2,1-2H3,(H,33,36)/t23-,24?,25?/m1/s1. The van der Waals surface area contributed by atoms with Crippen LogP contribution >= 0.6 is 46.3 Å². The van der Waals surface area contributed by atoms with Gasteiger partial charge in [0.05, 0.1) is 30.9 Å². The van der Waals surface area contributed by atoms with Crippen molar-refractivity contribution in [3.05, 3.63) is 96.9 Å². The van der Waals surface area contributed by atoms with Gasteiger partial charge in [-0.1, -0.05) is 52.4 Å². The van der Waals surface area contributed by atoms with Gasteiger partial charge in [-0.25, -0.2) is 4.90 Å². The highest BCUT2D eigenvalue weighted by atomic mass is 35.5. The van der Waals surface area contributed by atoms with Crippen molar-refractivity contribution in [2.24, 2.45) is 5.92 Å². The van der Waals surface area contributed by atoms with E-state index in [1.54, 1.807) is 66.7 Å². The van der Waals surface area contributed by atoms with Crippen molar-refractivity contribution in [2.45, 2.75) is 22.7 Å². The van der Waals surface area contributed by atoms with Gasteiger partial charge >= 0.3 is 4.87 Å². The molecule has 0 radical (unpaired) electrons. The first kappa shape index (κ1) is 29.3. The number of thiazole rings is 1. The van der Waals surface area contributed by atoms with Crippen molar-refractivity contribution in [3.8, 4) is 11.5 Å². The highest BCUT2D eigenvalue weighted by Gasteiger charge is 2.57. The first-order chi connectivity index (χ1) is 20.7. The summed E-state index contributed by atoms with van der Waals surface area (Å²) >= 11 is 14.1. The molecular formula is C30H23Cl2N3O6S2. The number of nitrogens with one attached hydrogen (secondary N) is 1. The van der Waals surface area contributed by atoms with Gasteiger partial charge in [-0.05, 0) is 66.2 Å². The Hall–Kier alpha value is -3.77. The van der Waals surface area contributed by atoms with Crippen molar-refractivity contribution >= 4 is 75.4 Å². The molecule has 6 rings (SSSR count). The number of hydrogen-bond acceptors (Lipinski definition) is 8. The fraction of sp³-hybridized carbons (Fsp3) is 0.200. The van der Waals surface area contributed by atoms with Gasteiger partial charge in [0.15, 0.2) is 11.5 Å². The highest BCUT2D eigenvalue weighted by Crippen LogP contribution is 2.54. The highest BCUT2D eigenvalue weighted by molar-refractivity contribution is 8.00. The second-order valence-corrected chi connectivity index (χ2v) is 12.8. The smallest absolute Gasteiger partial charge is 0.308 e. The SMILES string of the molecule is COc1ccc([C@H]2c3sc(=O)n(CC(=O)Nc4ccc(Cl)cc4)c3SC3C(=O)N(c4ccc(Cl)cc4)C(=O)C32)cc1OC. The number of thioether (sulfide) groups is 1. The first-order valence-corrected chi connectivity index (χ1v) is 15.5. The average molecular weight is 657 g/mol. The molecule has 3 aromatic carbocycles. The third-order valence-electron chi connectivity index (χ3n) is 7.33. The molecule has 2 unspecified atom stereocenters. The lowest BCUT2D eigenvalue weighted by atomic mass is 9.83. The molecule has 13 heteroatoms. The Kier molecular flexibility index (Phi) is 7.99. The Labute approximate surface area is 264 Å². The van der Waals surface area contributed by atoms with Crippen LogP contribution in [0.4, 0.5) is 11.4 Å². The van der Waals surface area contributed by atoms with Gasteiger partial charge in [0.25, 0.3) is 0 Å². The zero-order valence-corrected chi connectivity index (χ0v) is 25.9. The summed E-state index contributed by atoms with van der Waals surface area (Å²) in [5.41, 5.74) is 1.61. The molecule has 0 saturated carbocycles. The molecule has 0 bridgehead atoms. The molecule has 43 heavy (non-hydrogen) atoms. The van der Waals surface area contributed by atoms with Crippen LogP contribution in [0.5, 0.6) is 11.5 Å². The van der Waals surface area contributed by atoms with Gasteiger partial charge in [0, 0.05) is 26.5 Å². The molecule has 0 spiro atoms. The van der Waals surface area contributed by atoms with E-state index in [4.69, 9.17) is 32.7 Å². The van der Waals surface area contributed by atoms with E-state index in [0.29, 0.717) is 48.4 Å².